The Morgan fingerprint density at radius 1 is 0.352 bits per heavy atom. The first-order valence-electron chi connectivity index (χ1n) is 24.1. The van der Waals surface area contributed by atoms with E-state index < -0.39 is 0 Å². The van der Waals surface area contributed by atoms with Crippen LogP contribution >= 0.6 is 11.3 Å². The molecule has 5 heteroatoms. The second kappa shape index (κ2) is 16.8. The number of benzene rings is 11. The maximum atomic E-state index is 7.18. The van der Waals surface area contributed by atoms with Crippen LogP contribution in [0.4, 0.5) is 34.1 Å². The maximum absolute atomic E-state index is 7.18. The molecule has 0 aliphatic carbocycles. The Morgan fingerprint density at radius 3 is 1.66 bits per heavy atom. The van der Waals surface area contributed by atoms with Gasteiger partial charge in [0.2, 0.25) is 0 Å². The quantitative estimate of drug-likeness (QED) is 0.144. The van der Waals surface area contributed by atoms with Gasteiger partial charge in [-0.2, -0.15) is 0 Å². The van der Waals surface area contributed by atoms with Gasteiger partial charge in [0.1, 0.15) is 11.2 Å². The Balaban J connectivity index is 1.10. The molecule has 0 saturated heterocycles. The van der Waals surface area contributed by atoms with E-state index in [9.17, 15) is 0 Å². The highest BCUT2D eigenvalue weighted by Crippen LogP contribution is 2.50. The van der Waals surface area contributed by atoms with Crippen LogP contribution in [0.25, 0.3) is 91.9 Å². The highest BCUT2D eigenvalue weighted by atomic mass is 32.1. The van der Waals surface area contributed by atoms with Gasteiger partial charge in [-0.05, 0) is 120 Å². The molecule has 0 saturated carbocycles. The minimum absolute atomic E-state index is 0.845. The zero-order valence-corrected chi connectivity index (χ0v) is 39.3. The number of rotatable bonds is 9. The molecule has 0 aliphatic rings. The van der Waals surface area contributed by atoms with Crippen LogP contribution in [-0.2, 0) is 0 Å². The smallest absolute Gasteiger partial charge is 0.145 e. The molecule has 0 unspecified atom stereocenters. The Bertz CT molecular complexity index is 4270. The largest absolute Gasteiger partial charge is 0.455 e. The Morgan fingerprint density at radius 2 is 0.915 bits per heavy atom. The number of aromatic nitrogens is 1. The lowest BCUT2D eigenvalue weighted by Crippen LogP contribution is -2.14. The molecular weight excluding hydrogens is 883 g/mol. The standard InChI is InChI=1S/C66H43N3OS/c1-5-20-44(21-6-1)45-36-38-50(39-37-45)67(47-22-7-2-8-23-47)51-40-46(41-52(42-51)68(48-24-9-3-10-25-48)59-32-19-35-62-63(59)55-30-15-18-34-61(55)71-62)56-43-57-53-28-13-16-31-58(53)69(49-26-11-4-12-27-49)65(57)64-54-29-14-17-33-60(54)70-66(56)64/h1-43H. The third kappa shape index (κ3) is 6.81. The van der Waals surface area contributed by atoms with Crippen molar-refractivity contribution >= 4 is 109 Å². The van der Waals surface area contributed by atoms with Gasteiger partial charge < -0.3 is 18.8 Å². The molecule has 0 atom stereocenters. The van der Waals surface area contributed by atoms with Crippen molar-refractivity contribution in [3.63, 3.8) is 0 Å². The van der Waals surface area contributed by atoms with Gasteiger partial charge >= 0.3 is 0 Å². The van der Waals surface area contributed by atoms with E-state index in [2.05, 4.69) is 275 Å². The molecule has 14 rings (SSSR count). The summed E-state index contributed by atoms with van der Waals surface area (Å²) in [7, 11) is 0. The van der Waals surface area contributed by atoms with Crippen molar-refractivity contribution < 1.29 is 4.42 Å². The predicted molar refractivity (Wildman–Crippen MR) is 301 cm³/mol. The summed E-state index contributed by atoms with van der Waals surface area (Å²) < 4.78 is 12.1. The number of nitrogens with zero attached hydrogens (tertiary/aromatic N) is 3. The number of hydrogen-bond acceptors (Lipinski definition) is 4. The topological polar surface area (TPSA) is 24.6 Å². The highest BCUT2D eigenvalue weighted by Gasteiger charge is 2.26. The molecule has 11 aromatic carbocycles. The minimum Gasteiger partial charge on any atom is -0.455 e. The molecule has 0 aliphatic heterocycles. The minimum atomic E-state index is 0.845. The van der Waals surface area contributed by atoms with Crippen LogP contribution in [0.2, 0.25) is 0 Å². The van der Waals surface area contributed by atoms with Crippen molar-refractivity contribution in [3.05, 3.63) is 261 Å². The monoisotopic (exact) mass is 925 g/mol. The van der Waals surface area contributed by atoms with E-state index in [4.69, 9.17) is 4.42 Å². The average Bonchev–Trinajstić information content (AvgIpc) is 4.12. The summed E-state index contributed by atoms with van der Waals surface area (Å²) >= 11 is 1.84. The number of para-hydroxylation sites is 5. The fourth-order valence-corrected chi connectivity index (χ4v) is 11.9. The van der Waals surface area contributed by atoms with E-state index in [0.717, 1.165) is 89.3 Å². The van der Waals surface area contributed by atoms with E-state index in [-0.39, 0.29) is 0 Å². The van der Waals surface area contributed by atoms with Crippen molar-refractivity contribution in [2.75, 3.05) is 9.80 Å². The lowest BCUT2D eigenvalue weighted by atomic mass is 9.96. The number of thiophene rings is 1. The van der Waals surface area contributed by atoms with Crippen LogP contribution in [0.15, 0.2) is 265 Å². The van der Waals surface area contributed by atoms with Crippen molar-refractivity contribution in [1.29, 1.82) is 0 Å². The van der Waals surface area contributed by atoms with E-state index in [1.807, 2.05) is 11.3 Å². The van der Waals surface area contributed by atoms with E-state index in [0.29, 0.717) is 0 Å². The third-order valence-electron chi connectivity index (χ3n) is 13.9. The SMILES string of the molecule is c1ccc(-c2ccc(N(c3ccccc3)c3cc(-c4cc5c6ccccc6n(-c6ccccc6)c5c5c4oc4ccccc45)cc(N(c4ccccc4)c4cccc5sc6ccccc6c45)c3)cc2)cc1. The first-order valence-corrected chi connectivity index (χ1v) is 24.9. The zero-order chi connectivity index (χ0) is 46.8. The number of fused-ring (bicyclic) bond motifs is 10. The predicted octanol–water partition coefficient (Wildman–Crippen LogP) is 19.3. The molecule has 0 fully saturated rings. The summed E-state index contributed by atoms with van der Waals surface area (Å²) in [4.78, 5) is 4.84. The molecular formula is C66H43N3OS. The van der Waals surface area contributed by atoms with Gasteiger partial charge in [0.15, 0.2) is 0 Å². The van der Waals surface area contributed by atoms with Crippen molar-refractivity contribution in [1.82, 2.24) is 4.57 Å². The zero-order valence-electron chi connectivity index (χ0n) is 38.5. The second-order valence-corrected chi connectivity index (χ2v) is 19.1. The molecule has 14 aromatic rings. The summed E-state index contributed by atoms with van der Waals surface area (Å²) in [6.45, 7) is 0. The molecule has 4 nitrogen and oxygen atoms in total. The second-order valence-electron chi connectivity index (χ2n) is 18.1. The first-order chi connectivity index (χ1) is 35.2. The summed E-state index contributed by atoms with van der Waals surface area (Å²) in [5.74, 6) is 0. The first kappa shape index (κ1) is 40.9. The molecule has 0 amide bonds. The summed E-state index contributed by atoms with van der Waals surface area (Å²) in [6, 6.07) is 94.1. The van der Waals surface area contributed by atoms with Crippen molar-refractivity contribution in [2.24, 2.45) is 0 Å². The molecule has 3 heterocycles. The van der Waals surface area contributed by atoms with Crippen molar-refractivity contribution in [3.8, 4) is 27.9 Å². The number of hydrogen-bond donors (Lipinski definition) is 0. The lowest BCUT2D eigenvalue weighted by Gasteiger charge is -2.31. The molecule has 0 N–H and O–H groups in total. The van der Waals surface area contributed by atoms with Gasteiger partial charge in [-0.3, -0.25) is 0 Å². The van der Waals surface area contributed by atoms with E-state index >= 15 is 0 Å². The van der Waals surface area contributed by atoms with E-state index in [1.165, 1.54) is 36.7 Å². The van der Waals surface area contributed by atoms with Gasteiger partial charge in [0.25, 0.3) is 0 Å². The Kier molecular flexibility index (Phi) is 9.68. The van der Waals surface area contributed by atoms with Crippen LogP contribution < -0.4 is 9.80 Å². The lowest BCUT2D eigenvalue weighted by molar-refractivity contribution is 0.670. The third-order valence-corrected chi connectivity index (χ3v) is 15.0. The van der Waals surface area contributed by atoms with Crippen LogP contribution in [0.3, 0.4) is 0 Å². The number of anilines is 6. The van der Waals surface area contributed by atoms with Crippen LogP contribution in [-0.4, -0.2) is 4.57 Å². The van der Waals surface area contributed by atoms with E-state index in [1.54, 1.807) is 0 Å². The van der Waals surface area contributed by atoms with Crippen molar-refractivity contribution in [2.45, 2.75) is 0 Å². The van der Waals surface area contributed by atoms with Crippen LogP contribution in [0.5, 0.6) is 0 Å². The molecule has 0 spiro atoms. The molecule has 3 aromatic heterocycles. The molecule has 334 valence electrons. The summed E-state index contributed by atoms with van der Waals surface area (Å²) in [5.41, 5.74) is 15.8. The fraction of sp³-hybridized carbons (Fsp3) is 0. The van der Waals surface area contributed by atoms with Gasteiger partial charge in [-0.25, -0.2) is 0 Å². The number of furan rings is 1. The normalized spacial score (nSPS) is 11.7. The van der Waals surface area contributed by atoms with Crippen LogP contribution in [0.1, 0.15) is 0 Å². The van der Waals surface area contributed by atoms with Gasteiger partial charge in [0, 0.05) is 76.0 Å². The fourth-order valence-electron chi connectivity index (χ4n) is 10.8. The highest BCUT2D eigenvalue weighted by molar-refractivity contribution is 7.26. The molecule has 0 radical (unpaired) electrons. The maximum Gasteiger partial charge on any atom is 0.145 e. The van der Waals surface area contributed by atoms with Gasteiger partial charge in [-0.15, -0.1) is 11.3 Å². The molecule has 0 bridgehead atoms. The Labute approximate surface area is 414 Å². The molecule has 71 heavy (non-hydrogen) atoms. The Hall–Kier alpha value is -9.16. The summed E-state index contributed by atoms with van der Waals surface area (Å²) in [5, 5.41) is 6.99. The average molecular weight is 926 g/mol. The van der Waals surface area contributed by atoms with Crippen LogP contribution in [0, 0.1) is 0 Å². The van der Waals surface area contributed by atoms with Gasteiger partial charge in [0.05, 0.1) is 22.1 Å². The summed E-state index contributed by atoms with van der Waals surface area (Å²) in [6.07, 6.45) is 0. The van der Waals surface area contributed by atoms with Gasteiger partial charge in [-0.1, -0.05) is 158 Å².